The van der Waals surface area contributed by atoms with Crippen molar-refractivity contribution in [3.63, 3.8) is 0 Å². The van der Waals surface area contributed by atoms with Gasteiger partial charge in [0, 0.05) is 19.5 Å². The number of aliphatic hydroxyl groups is 2. The highest BCUT2D eigenvalue weighted by Crippen LogP contribution is 2.22. The van der Waals surface area contributed by atoms with Crippen molar-refractivity contribution in [3.05, 3.63) is 0 Å². The molecule has 12 amide bonds. The van der Waals surface area contributed by atoms with Crippen molar-refractivity contribution in [3.8, 4) is 0 Å². The number of nitrogens with one attached hydrogen (secondary N) is 8. The van der Waals surface area contributed by atoms with Gasteiger partial charge in [-0.25, -0.2) is 4.79 Å². The van der Waals surface area contributed by atoms with Crippen molar-refractivity contribution in [2.75, 3.05) is 26.2 Å². The van der Waals surface area contributed by atoms with Crippen LogP contribution in [-0.4, -0.2) is 206 Å². The van der Waals surface area contributed by atoms with Gasteiger partial charge in [-0.1, -0.05) is 60.8 Å². The van der Waals surface area contributed by atoms with Crippen LogP contribution in [0, 0.1) is 17.8 Å². The Labute approximate surface area is 468 Å². The second kappa shape index (κ2) is 33.3. The lowest BCUT2D eigenvalue weighted by Crippen LogP contribution is -2.62. The molecule has 18 N–H and O–H groups in total. The molecule has 31 heteroatoms. The maximum atomic E-state index is 14.0. The van der Waals surface area contributed by atoms with Gasteiger partial charge in [-0.2, -0.15) is 0 Å². The van der Waals surface area contributed by atoms with Gasteiger partial charge in [0.15, 0.2) is 0 Å². The maximum Gasteiger partial charge on any atom is 0.326 e. The van der Waals surface area contributed by atoms with Crippen LogP contribution in [0.25, 0.3) is 0 Å². The number of nitrogens with zero attached hydrogens (tertiary/aromatic N) is 2. The third kappa shape index (κ3) is 21.1. The summed E-state index contributed by atoms with van der Waals surface area (Å²) in [5.74, 6) is -16.6. The second-order valence-corrected chi connectivity index (χ2v) is 20.6. The van der Waals surface area contributed by atoms with E-state index in [2.05, 4.69) is 42.5 Å². The van der Waals surface area contributed by atoms with Crippen molar-refractivity contribution in [2.45, 2.75) is 186 Å². The lowest BCUT2D eigenvalue weighted by Gasteiger charge is -2.31. The number of rotatable bonds is 34. The van der Waals surface area contributed by atoms with Gasteiger partial charge >= 0.3 is 11.9 Å². The van der Waals surface area contributed by atoms with Crippen molar-refractivity contribution in [2.24, 2.45) is 35.0 Å². The molecule has 2 heterocycles. The third-order valence-corrected chi connectivity index (χ3v) is 14.4. The van der Waals surface area contributed by atoms with Crippen LogP contribution >= 0.6 is 0 Å². The highest BCUT2D eigenvalue weighted by molar-refractivity contribution is 6.01. The van der Waals surface area contributed by atoms with Gasteiger partial charge in [-0.05, 0) is 56.8 Å². The van der Waals surface area contributed by atoms with Gasteiger partial charge in [0.25, 0.3) is 0 Å². The molecule has 0 aromatic carbocycles. The lowest BCUT2D eigenvalue weighted by atomic mass is 9.97. The number of nitrogens with two attached hydrogens (primary N) is 3. The number of carboxylic acids is 2. The number of aliphatic hydroxyl groups excluding tert-OH is 2. The summed E-state index contributed by atoms with van der Waals surface area (Å²) in [6.07, 6.45) is -2.93. The smallest absolute Gasteiger partial charge is 0.326 e. The van der Waals surface area contributed by atoms with Crippen molar-refractivity contribution in [1.29, 1.82) is 0 Å². The van der Waals surface area contributed by atoms with E-state index < -0.39 is 200 Å². The minimum absolute atomic E-state index is 0.0697. The monoisotopic (exact) mass is 1150 g/mol. The number of likely N-dealkylation sites (tertiary alicyclic amines) is 2. The fourth-order valence-corrected chi connectivity index (χ4v) is 8.89. The quantitative estimate of drug-likeness (QED) is 0.0285. The molecule has 0 bridgehead atoms. The first kappa shape index (κ1) is 69.6. The van der Waals surface area contributed by atoms with Gasteiger partial charge in [-0.3, -0.25) is 62.3 Å². The van der Waals surface area contributed by atoms with Gasteiger partial charge < -0.3 is 90.0 Å². The molecule has 0 radical (unpaired) electrons. The molecule has 0 aromatic heterocycles. The van der Waals surface area contributed by atoms with E-state index in [0.29, 0.717) is 19.3 Å². The van der Waals surface area contributed by atoms with E-state index in [0.717, 1.165) is 11.8 Å². The number of amides is 12. The number of carboxylic acid groups (broad SMARTS) is 2. The van der Waals surface area contributed by atoms with E-state index in [-0.39, 0.29) is 44.7 Å². The lowest BCUT2D eigenvalue weighted by molar-refractivity contribution is -0.145. The van der Waals surface area contributed by atoms with Crippen molar-refractivity contribution < 1.29 is 87.5 Å². The summed E-state index contributed by atoms with van der Waals surface area (Å²) in [4.78, 5) is 186. The SMILES string of the molecule is CC[C@H](C)[C@H](N)C(=O)N1CCC[C@H]1C(=O)N[C@@H](CO)C(=O)N[C@H](C(=O)N[C@@H](CC(N)=O)C(=O)N[C@@H](CC(N)=O)C(=O)N[C@@H](CCC(=O)O)C(=O)N[C@H](C(=O)N1CCC[C@H]1C(=O)NCC(=O)N[C@H](C(=O)O)[C@@H](C)CC)[C@@H](C)O)[C@@H](C)CC. The predicted molar refractivity (Wildman–Crippen MR) is 283 cm³/mol. The molecule has 0 spiro atoms. The van der Waals surface area contributed by atoms with Crippen LogP contribution in [0.3, 0.4) is 0 Å². The molecule has 0 aromatic rings. The summed E-state index contributed by atoms with van der Waals surface area (Å²) in [5.41, 5.74) is 17.0. The first-order valence-corrected chi connectivity index (χ1v) is 27.0. The molecule has 81 heavy (non-hydrogen) atoms. The van der Waals surface area contributed by atoms with Gasteiger partial charge in [0.2, 0.25) is 70.9 Å². The molecule has 0 unspecified atom stereocenters. The number of hydrogen-bond acceptors (Lipinski definition) is 17. The average molecular weight is 1150 g/mol. The Kier molecular flexibility index (Phi) is 28.6. The van der Waals surface area contributed by atoms with E-state index >= 15 is 0 Å². The summed E-state index contributed by atoms with van der Waals surface area (Å²) >= 11 is 0. The summed E-state index contributed by atoms with van der Waals surface area (Å²) in [6, 6.07) is -15.3. The minimum Gasteiger partial charge on any atom is -0.481 e. The molecule has 31 nitrogen and oxygen atoms in total. The topological polar surface area (TPSA) is 501 Å². The largest absolute Gasteiger partial charge is 0.481 e. The number of aliphatic carboxylic acids is 2. The summed E-state index contributed by atoms with van der Waals surface area (Å²) in [6.45, 7) is 9.77. The summed E-state index contributed by atoms with van der Waals surface area (Å²) in [7, 11) is 0. The Morgan fingerprint density at radius 3 is 1.46 bits per heavy atom. The molecule has 2 aliphatic rings. The zero-order valence-corrected chi connectivity index (χ0v) is 46.8. The van der Waals surface area contributed by atoms with E-state index in [1.807, 2.05) is 6.92 Å². The molecular weight excluding hydrogens is 1070 g/mol. The Bertz CT molecular complexity index is 2310. The fourth-order valence-electron chi connectivity index (χ4n) is 8.89. The van der Waals surface area contributed by atoms with Crippen LogP contribution in [0.15, 0.2) is 0 Å². The molecule has 2 rings (SSSR count). The molecule has 0 saturated carbocycles. The normalized spacial score (nSPS) is 19.4. The van der Waals surface area contributed by atoms with Crippen LogP contribution in [0.5, 0.6) is 0 Å². The van der Waals surface area contributed by atoms with Gasteiger partial charge in [0.1, 0.15) is 54.4 Å². The molecule has 14 atom stereocenters. The minimum atomic E-state index is -2.02. The Morgan fingerprint density at radius 1 is 0.543 bits per heavy atom. The standard InChI is InChI=1S/C50H83N13O18/c1-8-23(4)37(53)48(78)62-17-12-14-32(62)46(76)58-30(22-64)44(74)60-38(24(5)9-2)47(77)57-29(20-34(52)67)43(73)56-28(19-33(51)66)42(72)55-27(15-16-36(69)70)41(71)61-40(26(7)65)49(79)63-18-11-13-31(63)45(75)54-21-35(68)59-39(50(80)81)25(6)10-3/h23-32,37-40,64-65H,8-22,53H2,1-7H3,(H2,51,66)(H2,52,67)(H,54,75)(H,55,72)(H,56,73)(H,57,77)(H,58,76)(H,59,68)(H,60,74)(H,61,71)(H,69,70)(H,80,81)/t23-,24-,25-,26+,27-,28-,29-,30-,31-,32-,37-,38-,39-,40-/m0/s1. The van der Waals surface area contributed by atoms with E-state index in [1.54, 1.807) is 27.7 Å². The predicted octanol–water partition coefficient (Wildman–Crippen LogP) is -5.98. The number of carbonyl (C=O) groups excluding carboxylic acids is 12. The molecule has 2 aliphatic heterocycles. The second-order valence-electron chi connectivity index (χ2n) is 20.6. The van der Waals surface area contributed by atoms with E-state index in [1.165, 1.54) is 11.8 Å². The third-order valence-electron chi connectivity index (χ3n) is 14.4. The van der Waals surface area contributed by atoms with Crippen LogP contribution < -0.4 is 59.7 Å². The van der Waals surface area contributed by atoms with Crippen LogP contribution in [-0.2, 0) is 67.1 Å². The zero-order valence-electron chi connectivity index (χ0n) is 46.8. The summed E-state index contributed by atoms with van der Waals surface area (Å²) in [5, 5.41) is 58.4. The highest BCUT2D eigenvalue weighted by atomic mass is 16.4. The Hall–Kier alpha value is -7.54. The van der Waals surface area contributed by atoms with Gasteiger partial charge in [0.05, 0.1) is 38.1 Å². The number of hydrogen-bond donors (Lipinski definition) is 15. The van der Waals surface area contributed by atoms with E-state index in [4.69, 9.17) is 17.2 Å². The maximum absolute atomic E-state index is 14.0. The van der Waals surface area contributed by atoms with Crippen LogP contribution in [0.1, 0.15) is 119 Å². The first-order chi connectivity index (χ1) is 37.9. The van der Waals surface area contributed by atoms with E-state index in [9.17, 15) is 87.5 Å². The van der Waals surface area contributed by atoms with Crippen molar-refractivity contribution >= 4 is 82.8 Å². The van der Waals surface area contributed by atoms with Gasteiger partial charge in [-0.15, -0.1) is 0 Å². The molecule has 2 fully saturated rings. The first-order valence-electron chi connectivity index (χ1n) is 27.0. The molecule has 2 saturated heterocycles. The Balaban J connectivity index is 2.32. The number of carbonyl (C=O) groups is 14. The highest BCUT2D eigenvalue weighted by Gasteiger charge is 2.43. The average Bonchev–Trinajstić information content (AvgIpc) is 4.12. The molecule has 0 aliphatic carbocycles. The summed E-state index contributed by atoms with van der Waals surface area (Å²) < 4.78 is 0. The molecule has 456 valence electrons. The fraction of sp³-hybridized carbons (Fsp3) is 0.720. The number of primary amides is 2. The van der Waals surface area contributed by atoms with Crippen LogP contribution in [0.4, 0.5) is 0 Å². The zero-order chi connectivity index (χ0) is 61.6. The van der Waals surface area contributed by atoms with Crippen LogP contribution in [0.2, 0.25) is 0 Å². The van der Waals surface area contributed by atoms with Crippen molar-refractivity contribution in [1.82, 2.24) is 52.3 Å². The molecular formula is C50H83N13O18. The Morgan fingerprint density at radius 2 is 0.988 bits per heavy atom.